The van der Waals surface area contributed by atoms with Gasteiger partial charge < -0.3 is 9.31 Å². The fourth-order valence-corrected chi connectivity index (χ4v) is 2.93. The summed E-state index contributed by atoms with van der Waals surface area (Å²) in [5.74, 6) is 0. The van der Waals surface area contributed by atoms with Crippen molar-refractivity contribution >= 4 is 24.3 Å². The lowest BCUT2D eigenvalue weighted by molar-refractivity contribution is -0.160. The van der Waals surface area contributed by atoms with Gasteiger partial charge in [-0.1, -0.05) is 17.6 Å². The molecule has 0 saturated carbocycles. The Morgan fingerprint density at radius 1 is 1.47 bits per heavy atom. The maximum Gasteiger partial charge on any atom is 0.359 e. The standard InChI is InChI=1S/C13H10NO4P/c1-3-8-4-5-10-11(7(8)2)12(19(16)17)9(6-14)13(15)18-10/h4-5H,3H2,1-2H3. The van der Waals surface area contributed by atoms with Gasteiger partial charge in [0.15, 0.2) is 5.56 Å². The van der Waals surface area contributed by atoms with Gasteiger partial charge in [0, 0.05) is 0 Å². The van der Waals surface area contributed by atoms with E-state index in [1.165, 1.54) is 0 Å². The van der Waals surface area contributed by atoms with E-state index < -0.39 is 19.2 Å². The minimum atomic E-state index is -3.05. The second-order valence-corrected chi connectivity index (χ2v) is 5.02. The first-order valence-corrected chi connectivity index (χ1v) is 6.82. The van der Waals surface area contributed by atoms with E-state index in [1.807, 2.05) is 6.92 Å². The molecule has 1 aromatic heterocycles. The fourth-order valence-electron chi connectivity index (χ4n) is 2.15. The first kappa shape index (κ1) is 13.4. The van der Waals surface area contributed by atoms with E-state index in [9.17, 15) is 14.3 Å². The lowest BCUT2D eigenvalue weighted by atomic mass is 10.0. The Bertz CT molecular complexity index is 786. The Hall–Kier alpha value is -2.02. The van der Waals surface area contributed by atoms with E-state index in [2.05, 4.69) is 0 Å². The fraction of sp³-hybridized carbons (Fsp3) is 0.231. The molecule has 1 aromatic carbocycles. The van der Waals surface area contributed by atoms with Gasteiger partial charge in [-0.15, -0.1) is 0 Å². The highest BCUT2D eigenvalue weighted by Crippen LogP contribution is 2.25. The summed E-state index contributed by atoms with van der Waals surface area (Å²) >= 11 is 0. The number of fused-ring (bicyclic) bond motifs is 1. The van der Waals surface area contributed by atoms with E-state index >= 15 is 0 Å². The third-order valence-electron chi connectivity index (χ3n) is 3.09. The van der Waals surface area contributed by atoms with Crippen LogP contribution in [0.2, 0.25) is 0 Å². The summed E-state index contributed by atoms with van der Waals surface area (Å²) in [6.45, 7) is 3.69. The van der Waals surface area contributed by atoms with E-state index in [0.29, 0.717) is 5.39 Å². The highest BCUT2D eigenvalue weighted by atomic mass is 31.1. The number of rotatable bonds is 2. The first-order chi connectivity index (χ1) is 9.01. The Morgan fingerprint density at radius 2 is 2.16 bits per heavy atom. The second kappa shape index (κ2) is 4.93. The number of aryl methyl sites for hydroxylation is 2. The molecule has 0 aliphatic carbocycles. The zero-order chi connectivity index (χ0) is 14.2. The molecule has 0 aliphatic rings. The topological polar surface area (TPSA) is 94.1 Å². The minimum Gasteiger partial charge on any atom is -0.591 e. The van der Waals surface area contributed by atoms with Crippen LogP contribution >= 0.6 is 8.03 Å². The van der Waals surface area contributed by atoms with Crippen molar-refractivity contribution in [2.24, 2.45) is 0 Å². The van der Waals surface area contributed by atoms with Crippen molar-refractivity contribution in [3.63, 3.8) is 0 Å². The van der Waals surface area contributed by atoms with Gasteiger partial charge in [0.1, 0.15) is 11.7 Å². The van der Waals surface area contributed by atoms with Crippen LogP contribution in [0, 0.1) is 18.3 Å². The van der Waals surface area contributed by atoms with Crippen molar-refractivity contribution in [1.82, 2.24) is 0 Å². The zero-order valence-corrected chi connectivity index (χ0v) is 11.3. The van der Waals surface area contributed by atoms with Gasteiger partial charge in [0.05, 0.1) is 5.39 Å². The third-order valence-corrected chi connectivity index (χ3v) is 3.91. The Kier molecular flexibility index (Phi) is 3.48. The average Bonchev–Trinajstić information content (AvgIpc) is 2.37. The molecule has 0 amide bonds. The van der Waals surface area contributed by atoms with Crippen LogP contribution < -0.4 is 15.8 Å². The molecule has 5 nitrogen and oxygen atoms in total. The van der Waals surface area contributed by atoms with Gasteiger partial charge >= 0.3 is 13.7 Å². The molecule has 1 heterocycles. The summed E-state index contributed by atoms with van der Waals surface area (Å²) in [7, 11) is -3.05. The molecule has 0 bridgehead atoms. The molecule has 6 heteroatoms. The summed E-state index contributed by atoms with van der Waals surface area (Å²) < 4.78 is 16.4. The SMILES string of the molecule is CCc1ccc2oc(=O)c(C#N)c([P+](=O)[O-])c2c1C. The first-order valence-electron chi connectivity index (χ1n) is 5.65. The molecule has 0 radical (unpaired) electrons. The van der Waals surface area contributed by atoms with Crippen molar-refractivity contribution < 1.29 is 13.9 Å². The van der Waals surface area contributed by atoms with Crippen LogP contribution in [0.5, 0.6) is 0 Å². The summed E-state index contributed by atoms with van der Waals surface area (Å²) in [5.41, 5.74) is 0.471. The second-order valence-electron chi connectivity index (χ2n) is 4.06. The molecule has 1 unspecified atom stereocenters. The summed E-state index contributed by atoms with van der Waals surface area (Å²) in [5, 5.41) is 9.03. The molecule has 19 heavy (non-hydrogen) atoms. The summed E-state index contributed by atoms with van der Waals surface area (Å²) in [4.78, 5) is 23.0. The van der Waals surface area contributed by atoms with Crippen molar-refractivity contribution in [1.29, 1.82) is 5.26 Å². The molecule has 0 N–H and O–H groups in total. The van der Waals surface area contributed by atoms with Crippen molar-refractivity contribution in [2.75, 3.05) is 0 Å². The molecular weight excluding hydrogens is 265 g/mol. The predicted octanol–water partition coefficient (Wildman–Crippen LogP) is 1.26. The summed E-state index contributed by atoms with van der Waals surface area (Å²) in [6.07, 6.45) is 0.720. The highest BCUT2D eigenvalue weighted by molar-refractivity contribution is 7.46. The number of nitrogens with zero attached hydrogens (tertiary/aromatic N) is 1. The molecule has 0 fully saturated rings. The lowest BCUT2D eigenvalue weighted by Gasteiger charge is -2.07. The Labute approximate surface area is 110 Å². The number of nitriles is 1. The van der Waals surface area contributed by atoms with E-state index in [0.717, 1.165) is 17.5 Å². The molecule has 0 spiro atoms. The highest BCUT2D eigenvalue weighted by Gasteiger charge is 2.26. The third kappa shape index (κ3) is 2.06. The average molecular weight is 275 g/mol. The van der Waals surface area contributed by atoms with Crippen LogP contribution in [0.4, 0.5) is 0 Å². The molecule has 2 aromatic rings. The van der Waals surface area contributed by atoms with Crippen molar-refractivity contribution in [3.8, 4) is 6.07 Å². The van der Waals surface area contributed by atoms with Gasteiger partial charge in [-0.3, -0.25) is 0 Å². The molecular formula is C13H10NO4P. The van der Waals surface area contributed by atoms with Gasteiger partial charge in [-0.2, -0.15) is 5.26 Å². The van der Waals surface area contributed by atoms with Gasteiger partial charge in [-0.25, -0.2) is 4.79 Å². The normalized spacial score (nSPS) is 11.4. The maximum atomic E-state index is 11.6. The van der Waals surface area contributed by atoms with Crippen LogP contribution in [-0.2, 0) is 11.0 Å². The molecule has 0 aliphatic heterocycles. The van der Waals surface area contributed by atoms with E-state index in [1.54, 1.807) is 25.1 Å². The molecule has 0 saturated heterocycles. The zero-order valence-electron chi connectivity index (χ0n) is 10.4. The molecule has 1 atom stereocenters. The number of hydrogen-bond acceptors (Lipinski definition) is 5. The minimum absolute atomic E-state index is 0.188. The van der Waals surface area contributed by atoms with Gasteiger partial charge in [-0.05, 0) is 30.5 Å². The van der Waals surface area contributed by atoms with Crippen LogP contribution in [-0.4, -0.2) is 0 Å². The van der Waals surface area contributed by atoms with Gasteiger partial charge in [0.25, 0.3) is 0 Å². The lowest BCUT2D eigenvalue weighted by Crippen LogP contribution is -2.21. The smallest absolute Gasteiger partial charge is 0.359 e. The maximum absolute atomic E-state index is 11.6. The van der Waals surface area contributed by atoms with E-state index in [-0.39, 0.29) is 10.9 Å². The van der Waals surface area contributed by atoms with E-state index in [4.69, 9.17) is 9.68 Å². The monoisotopic (exact) mass is 275 g/mol. The largest absolute Gasteiger partial charge is 0.591 e. The quantitative estimate of drug-likeness (QED) is 0.607. The number of benzene rings is 1. The van der Waals surface area contributed by atoms with Crippen LogP contribution in [0.25, 0.3) is 11.0 Å². The molecule has 2 rings (SSSR count). The number of hydrogen-bond donors (Lipinski definition) is 0. The van der Waals surface area contributed by atoms with Crippen LogP contribution in [0.1, 0.15) is 23.6 Å². The Balaban J connectivity index is 3.10. The van der Waals surface area contributed by atoms with Crippen molar-refractivity contribution in [2.45, 2.75) is 20.3 Å². The van der Waals surface area contributed by atoms with Crippen molar-refractivity contribution in [3.05, 3.63) is 39.2 Å². The van der Waals surface area contributed by atoms with Crippen LogP contribution in [0.15, 0.2) is 21.3 Å². The Morgan fingerprint density at radius 3 is 2.68 bits per heavy atom. The predicted molar refractivity (Wildman–Crippen MR) is 68.6 cm³/mol. The summed E-state index contributed by atoms with van der Waals surface area (Å²) in [6, 6.07) is 4.96. The van der Waals surface area contributed by atoms with Gasteiger partial charge in [0.2, 0.25) is 5.30 Å². The van der Waals surface area contributed by atoms with Crippen LogP contribution in [0.3, 0.4) is 0 Å². The molecule has 96 valence electrons.